The highest BCUT2D eigenvalue weighted by molar-refractivity contribution is 5.84. The van der Waals surface area contributed by atoms with E-state index in [2.05, 4.69) is 10.3 Å². The number of aliphatic hydroxyl groups is 2. The molecule has 1 amide bonds. The Kier molecular flexibility index (Phi) is 5.18. The van der Waals surface area contributed by atoms with Crippen molar-refractivity contribution < 1.29 is 19.7 Å². The third-order valence-corrected chi connectivity index (χ3v) is 3.20. The molecule has 1 aromatic heterocycles. The monoisotopic (exact) mass is 318 g/mol. The van der Waals surface area contributed by atoms with Crippen molar-refractivity contribution >= 4 is 16.9 Å². The van der Waals surface area contributed by atoms with Crippen molar-refractivity contribution in [3.05, 3.63) is 42.2 Å². The molecular formula is C17H22N2O4. The topological polar surface area (TPSA) is 91.7 Å². The maximum atomic E-state index is 11.6. The zero-order chi connectivity index (χ0) is 17.0. The zero-order valence-corrected chi connectivity index (χ0v) is 13.5. The Balaban J connectivity index is 2.04. The predicted octanol–water partition coefficient (Wildman–Crippen LogP) is 2.15. The summed E-state index contributed by atoms with van der Waals surface area (Å²) in [5.74, 6) is 0. The molecule has 6 nitrogen and oxygen atoms in total. The van der Waals surface area contributed by atoms with E-state index in [-0.39, 0.29) is 6.54 Å². The van der Waals surface area contributed by atoms with Crippen molar-refractivity contribution in [3.8, 4) is 0 Å². The van der Waals surface area contributed by atoms with Gasteiger partial charge in [-0.05, 0) is 32.2 Å². The maximum absolute atomic E-state index is 11.6. The number of hydrogen-bond acceptors (Lipinski definition) is 5. The van der Waals surface area contributed by atoms with Gasteiger partial charge in [0.1, 0.15) is 17.8 Å². The normalized spacial score (nSPS) is 14.3. The first kappa shape index (κ1) is 17.2. The molecule has 1 aromatic carbocycles. The molecule has 0 aliphatic rings. The van der Waals surface area contributed by atoms with Gasteiger partial charge in [0, 0.05) is 18.1 Å². The molecular weight excluding hydrogens is 296 g/mol. The first-order valence-electron chi connectivity index (χ1n) is 7.44. The largest absolute Gasteiger partial charge is 0.444 e. The molecule has 124 valence electrons. The molecule has 2 aromatic rings. The van der Waals surface area contributed by atoms with Crippen molar-refractivity contribution in [2.24, 2.45) is 0 Å². The molecule has 3 N–H and O–H groups in total. The average Bonchev–Trinajstić information content (AvgIpc) is 2.49. The van der Waals surface area contributed by atoms with Crippen LogP contribution >= 0.6 is 0 Å². The molecule has 0 aliphatic carbocycles. The smallest absolute Gasteiger partial charge is 0.407 e. The minimum Gasteiger partial charge on any atom is -0.444 e. The fourth-order valence-corrected chi connectivity index (χ4v) is 2.17. The van der Waals surface area contributed by atoms with Crippen LogP contribution in [0.3, 0.4) is 0 Å². The number of fused-ring (bicyclic) bond motifs is 1. The number of nitrogens with zero attached hydrogens (tertiary/aromatic N) is 1. The summed E-state index contributed by atoms with van der Waals surface area (Å²) >= 11 is 0. The van der Waals surface area contributed by atoms with Crippen molar-refractivity contribution in [3.63, 3.8) is 0 Å². The van der Waals surface area contributed by atoms with Crippen molar-refractivity contribution in [2.45, 2.75) is 38.6 Å². The minimum absolute atomic E-state index is 0.138. The summed E-state index contributed by atoms with van der Waals surface area (Å²) < 4.78 is 5.09. The Bertz CT molecular complexity index is 676. The second-order valence-electron chi connectivity index (χ2n) is 6.31. The van der Waals surface area contributed by atoms with Crippen LogP contribution in [0.5, 0.6) is 0 Å². The molecule has 0 bridgehead atoms. The van der Waals surface area contributed by atoms with Crippen LogP contribution in [0.1, 0.15) is 32.6 Å². The highest BCUT2D eigenvalue weighted by Gasteiger charge is 2.23. The van der Waals surface area contributed by atoms with Crippen molar-refractivity contribution in [1.29, 1.82) is 0 Å². The second-order valence-corrected chi connectivity index (χ2v) is 6.31. The van der Waals surface area contributed by atoms with Gasteiger partial charge in [-0.3, -0.25) is 4.98 Å². The van der Waals surface area contributed by atoms with Crippen LogP contribution in [0.2, 0.25) is 0 Å². The number of rotatable bonds is 4. The second kappa shape index (κ2) is 6.93. The van der Waals surface area contributed by atoms with Crippen LogP contribution in [0, 0.1) is 0 Å². The number of pyridine rings is 1. The highest BCUT2D eigenvalue weighted by atomic mass is 16.6. The molecule has 0 saturated carbocycles. The summed E-state index contributed by atoms with van der Waals surface area (Å²) in [5, 5.41) is 24.6. The van der Waals surface area contributed by atoms with Gasteiger partial charge in [0.05, 0.1) is 5.69 Å². The number of nitrogens with one attached hydrogen (secondary N) is 1. The van der Waals surface area contributed by atoms with Gasteiger partial charge in [0.15, 0.2) is 0 Å². The minimum atomic E-state index is -1.21. The standard InChI is InChI=1S/C17H22N2O4/c1-17(2,3)23-16(22)19-10-13(20)15(21)14-12-7-5-4-6-11(12)8-9-18-14/h4-9,13,15,20-21H,10H2,1-3H3,(H,19,22). The Labute approximate surface area is 135 Å². The van der Waals surface area contributed by atoms with Crippen LogP contribution in [0.4, 0.5) is 4.79 Å². The SMILES string of the molecule is CC(C)(C)OC(=O)NCC(O)C(O)c1nccc2ccccc12. The van der Waals surface area contributed by atoms with E-state index in [1.807, 2.05) is 30.3 Å². The molecule has 2 unspecified atom stereocenters. The molecule has 0 spiro atoms. The Morgan fingerprint density at radius 1 is 1.26 bits per heavy atom. The molecule has 0 aliphatic heterocycles. The van der Waals surface area contributed by atoms with Gasteiger partial charge in [0.25, 0.3) is 0 Å². The van der Waals surface area contributed by atoms with E-state index >= 15 is 0 Å². The van der Waals surface area contributed by atoms with E-state index in [1.54, 1.807) is 27.0 Å². The fourth-order valence-electron chi connectivity index (χ4n) is 2.17. The van der Waals surface area contributed by atoms with E-state index in [0.717, 1.165) is 10.8 Å². The number of aromatic nitrogens is 1. The van der Waals surface area contributed by atoms with Crippen LogP contribution in [0.25, 0.3) is 10.8 Å². The molecule has 0 saturated heterocycles. The summed E-state index contributed by atoms with van der Waals surface area (Å²) in [6.07, 6.45) is -1.47. The van der Waals surface area contributed by atoms with E-state index in [0.29, 0.717) is 5.69 Å². The lowest BCUT2D eigenvalue weighted by Crippen LogP contribution is -2.39. The Morgan fingerprint density at radius 2 is 1.96 bits per heavy atom. The molecule has 1 heterocycles. The van der Waals surface area contributed by atoms with Gasteiger partial charge in [0.2, 0.25) is 0 Å². The number of amides is 1. The molecule has 23 heavy (non-hydrogen) atoms. The molecule has 0 fully saturated rings. The number of ether oxygens (including phenoxy) is 1. The summed E-state index contributed by atoms with van der Waals surface area (Å²) in [4.78, 5) is 15.8. The quantitative estimate of drug-likeness (QED) is 0.803. The predicted molar refractivity (Wildman–Crippen MR) is 86.9 cm³/mol. The first-order chi connectivity index (χ1) is 10.8. The fraction of sp³-hybridized carbons (Fsp3) is 0.412. The Hall–Kier alpha value is -2.18. The number of benzene rings is 1. The van der Waals surface area contributed by atoms with Crippen LogP contribution in [0.15, 0.2) is 36.5 Å². The van der Waals surface area contributed by atoms with Gasteiger partial charge in [-0.25, -0.2) is 4.79 Å². The number of hydrogen-bond donors (Lipinski definition) is 3. The van der Waals surface area contributed by atoms with Crippen molar-refractivity contribution in [1.82, 2.24) is 10.3 Å². The van der Waals surface area contributed by atoms with Crippen molar-refractivity contribution in [2.75, 3.05) is 6.54 Å². The average molecular weight is 318 g/mol. The molecule has 6 heteroatoms. The summed E-state index contributed by atoms with van der Waals surface area (Å²) in [6.45, 7) is 5.11. The summed E-state index contributed by atoms with van der Waals surface area (Å²) in [6, 6.07) is 9.29. The number of carbonyl (C=O) groups is 1. The summed E-state index contributed by atoms with van der Waals surface area (Å²) in [7, 11) is 0. The summed E-state index contributed by atoms with van der Waals surface area (Å²) in [5.41, 5.74) is -0.244. The Morgan fingerprint density at radius 3 is 2.65 bits per heavy atom. The third-order valence-electron chi connectivity index (χ3n) is 3.20. The molecule has 2 rings (SSSR count). The van der Waals surface area contributed by atoms with Gasteiger partial charge < -0.3 is 20.3 Å². The number of aliphatic hydroxyl groups excluding tert-OH is 2. The lowest BCUT2D eigenvalue weighted by Gasteiger charge is -2.22. The van der Waals surface area contributed by atoms with Gasteiger partial charge in [-0.1, -0.05) is 24.3 Å². The van der Waals surface area contributed by atoms with Gasteiger partial charge in [-0.15, -0.1) is 0 Å². The lowest BCUT2D eigenvalue weighted by molar-refractivity contribution is 0.0116. The highest BCUT2D eigenvalue weighted by Crippen LogP contribution is 2.24. The van der Waals surface area contributed by atoms with E-state index in [1.165, 1.54) is 0 Å². The number of alkyl carbamates (subject to hydrolysis) is 1. The molecule has 0 radical (unpaired) electrons. The number of carbonyl (C=O) groups excluding carboxylic acids is 1. The maximum Gasteiger partial charge on any atom is 0.407 e. The third kappa shape index (κ3) is 4.64. The van der Waals surface area contributed by atoms with Gasteiger partial charge >= 0.3 is 6.09 Å². The first-order valence-corrected chi connectivity index (χ1v) is 7.44. The van der Waals surface area contributed by atoms with Crippen LogP contribution in [-0.2, 0) is 4.74 Å². The zero-order valence-electron chi connectivity index (χ0n) is 13.5. The van der Waals surface area contributed by atoms with Crippen LogP contribution < -0.4 is 5.32 Å². The van der Waals surface area contributed by atoms with Crippen LogP contribution in [-0.4, -0.2) is 39.5 Å². The van der Waals surface area contributed by atoms with E-state index in [9.17, 15) is 15.0 Å². The van der Waals surface area contributed by atoms with E-state index < -0.39 is 23.9 Å². The van der Waals surface area contributed by atoms with Gasteiger partial charge in [-0.2, -0.15) is 0 Å². The van der Waals surface area contributed by atoms with E-state index in [4.69, 9.17) is 4.74 Å². The lowest BCUT2D eigenvalue weighted by atomic mass is 10.0. The molecule has 2 atom stereocenters.